The van der Waals surface area contributed by atoms with Crippen molar-refractivity contribution in [2.75, 3.05) is 0 Å². The van der Waals surface area contributed by atoms with Gasteiger partial charge in [0.1, 0.15) is 6.29 Å². The molecule has 0 saturated heterocycles. The topological polar surface area (TPSA) is 26.3 Å². The molecule has 1 aromatic carbocycles. The molecule has 2 nitrogen and oxygen atoms in total. The average molecular weight is 575 g/mol. The van der Waals surface area contributed by atoms with Gasteiger partial charge in [-0.2, -0.15) is 0 Å². The van der Waals surface area contributed by atoms with Gasteiger partial charge in [0.25, 0.3) is 0 Å². The summed E-state index contributed by atoms with van der Waals surface area (Å²) in [5.41, 5.74) is 3.11. The van der Waals surface area contributed by atoms with Crippen LogP contribution in [0.1, 0.15) is 159 Å². The zero-order valence-electron chi connectivity index (χ0n) is 30.4. The van der Waals surface area contributed by atoms with Crippen LogP contribution in [-0.2, 0) is 16.0 Å². The van der Waals surface area contributed by atoms with Gasteiger partial charge in [-0.05, 0) is 88.2 Å². The van der Waals surface area contributed by atoms with Crippen molar-refractivity contribution in [1.82, 2.24) is 0 Å². The number of ether oxygens (including phenoxy) is 1. The summed E-state index contributed by atoms with van der Waals surface area (Å²) < 4.78 is 6.18. The smallest absolute Gasteiger partial charge is 0.120 e. The fraction of sp³-hybridized carbons (Fsp3) is 0.718. The van der Waals surface area contributed by atoms with Crippen LogP contribution in [0.2, 0.25) is 0 Å². The molecule has 0 aliphatic heterocycles. The molecule has 1 fully saturated rings. The summed E-state index contributed by atoms with van der Waals surface area (Å²) in [6.07, 6.45) is 17.0. The second kappa shape index (κ2) is 32.7. The van der Waals surface area contributed by atoms with Crippen LogP contribution in [0.15, 0.2) is 48.8 Å². The standard InChI is InChI=1S/C15H28O.C11H14O.C5H12.C3H8.C3H6.C2H6/c1-5-8-15(13(4)11-12(2)3)16-14-9-6-7-10-14;1-10-5-7-11(8-6-10)4-2-3-9-12;1-5(2,3)4;2*1-3-2;1-2/h8,12-14H,5-7,9-11H2,1-4H3;5-9H,2-4H2,1H3;1-4H3;3H2,1-2H3;3H,1H2,2H3;1-2H3/b15-8-;;;;;. The summed E-state index contributed by atoms with van der Waals surface area (Å²) >= 11 is 0. The summed E-state index contributed by atoms with van der Waals surface area (Å²) in [4.78, 5) is 10.0. The molecule has 1 aliphatic rings. The minimum atomic E-state index is 0.500. The van der Waals surface area contributed by atoms with E-state index in [1.807, 2.05) is 20.8 Å². The molecule has 0 bridgehead atoms. The van der Waals surface area contributed by atoms with Crippen molar-refractivity contribution in [3.8, 4) is 0 Å². The third-order valence-electron chi connectivity index (χ3n) is 5.23. The van der Waals surface area contributed by atoms with E-state index in [4.69, 9.17) is 4.74 Å². The highest BCUT2D eigenvalue weighted by molar-refractivity contribution is 5.49. The Balaban J connectivity index is -0.000000240. The summed E-state index contributed by atoms with van der Waals surface area (Å²) in [5.74, 6) is 2.59. The van der Waals surface area contributed by atoms with Crippen molar-refractivity contribution in [2.45, 2.75) is 167 Å². The number of hydrogen-bond donors (Lipinski definition) is 0. The number of aldehydes is 1. The number of rotatable bonds is 10. The molecule has 1 unspecified atom stereocenters. The molecule has 1 atom stereocenters. The third-order valence-corrected chi connectivity index (χ3v) is 5.23. The molecule has 1 aromatic rings. The van der Waals surface area contributed by atoms with Crippen molar-refractivity contribution >= 4 is 6.29 Å². The number of unbranched alkanes of at least 4 members (excludes halogenated alkanes) is 1. The predicted molar refractivity (Wildman–Crippen MR) is 189 cm³/mol. The second-order valence-electron chi connectivity index (χ2n) is 12.7. The molecule has 0 amide bonds. The van der Waals surface area contributed by atoms with Crippen LogP contribution in [0.4, 0.5) is 0 Å². The van der Waals surface area contributed by atoms with Crippen molar-refractivity contribution < 1.29 is 9.53 Å². The van der Waals surface area contributed by atoms with Crippen LogP contribution < -0.4 is 0 Å². The Morgan fingerprint density at radius 3 is 1.80 bits per heavy atom. The van der Waals surface area contributed by atoms with E-state index in [9.17, 15) is 4.79 Å². The minimum Gasteiger partial charge on any atom is -0.495 e. The lowest BCUT2D eigenvalue weighted by atomic mass is 9.96. The second-order valence-corrected chi connectivity index (χ2v) is 12.7. The summed E-state index contributed by atoms with van der Waals surface area (Å²) in [6.45, 7) is 33.4. The largest absolute Gasteiger partial charge is 0.495 e. The quantitative estimate of drug-likeness (QED) is 0.120. The van der Waals surface area contributed by atoms with Crippen LogP contribution in [0, 0.1) is 24.2 Å². The molecule has 0 aromatic heterocycles. The van der Waals surface area contributed by atoms with Gasteiger partial charge in [0.2, 0.25) is 0 Å². The van der Waals surface area contributed by atoms with E-state index in [0.29, 0.717) is 23.9 Å². The SMILES string of the molecule is C=CC.CC.CC(C)(C)C.CC/C=C(\OC1CCCC1)C(C)CC(C)C.CCC.Cc1ccc(CCCC=O)cc1. The minimum absolute atomic E-state index is 0.500. The Morgan fingerprint density at radius 2 is 1.44 bits per heavy atom. The lowest BCUT2D eigenvalue weighted by Gasteiger charge is -2.22. The van der Waals surface area contributed by atoms with E-state index in [-0.39, 0.29) is 0 Å². The zero-order valence-corrected chi connectivity index (χ0v) is 30.4. The molecule has 1 aliphatic carbocycles. The van der Waals surface area contributed by atoms with Gasteiger partial charge in [0.15, 0.2) is 0 Å². The first-order chi connectivity index (χ1) is 19.3. The van der Waals surface area contributed by atoms with Crippen LogP contribution in [0.25, 0.3) is 0 Å². The van der Waals surface area contributed by atoms with Gasteiger partial charge in [0, 0.05) is 12.3 Å². The molecule has 0 heterocycles. The number of carbonyl (C=O) groups excluding carboxylic acids is 1. The number of aryl methyl sites for hydroxylation is 2. The van der Waals surface area contributed by atoms with Gasteiger partial charge in [-0.15, -0.1) is 6.58 Å². The molecule has 0 N–H and O–H groups in total. The van der Waals surface area contributed by atoms with E-state index < -0.39 is 0 Å². The zero-order chi connectivity index (χ0) is 32.7. The molecule has 2 rings (SSSR count). The number of hydrogen-bond acceptors (Lipinski definition) is 2. The maximum absolute atomic E-state index is 10.0. The van der Waals surface area contributed by atoms with E-state index in [2.05, 4.69) is 113 Å². The van der Waals surface area contributed by atoms with Crippen molar-refractivity contribution in [1.29, 1.82) is 0 Å². The summed E-state index contributed by atoms with van der Waals surface area (Å²) in [6, 6.07) is 8.47. The van der Waals surface area contributed by atoms with E-state index in [0.717, 1.165) is 31.5 Å². The Labute approximate surface area is 259 Å². The van der Waals surface area contributed by atoms with Gasteiger partial charge in [-0.3, -0.25) is 0 Å². The van der Waals surface area contributed by atoms with Crippen LogP contribution >= 0.6 is 0 Å². The van der Waals surface area contributed by atoms with E-state index >= 15 is 0 Å². The highest BCUT2D eigenvalue weighted by atomic mass is 16.5. The Bertz CT molecular complexity index is 679. The maximum Gasteiger partial charge on any atom is 0.120 e. The van der Waals surface area contributed by atoms with E-state index in [1.54, 1.807) is 6.08 Å². The summed E-state index contributed by atoms with van der Waals surface area (Å²) in [7, 11) is 0. The molecule has 242 valence electrons. The van der Waals surface area contributed by atoms with Crippen molar-refractivity contribution in [2.24, 2.45) is 17.3 Å². The first-order valence-electron chi connectivity index (χ1n) is 16.7. The predicted octanol–water partition coefficient (Wildman–Crippen LogP) is 13.1. The Morgan fingerprint density at radius 1 is 1.00 bits per heavy atom. The highest BCUT2D eigenvalue weighted by Gasteiger charge is 2.20. The van der Waals surface area contributed by atoms with Gasteiger partial charge in [0.05, 0.1) is 11.9 Å². The molecular formula is C39H74O2. The lowest BCUT2D eigenvalue weighted by molar-refractivity contribution is -0.107. The highest BCUT2D eigenvalue weighted by Crippen LogP contribution is 2.28. The van der Waals surface area contributed by atoms with Gasteiger partial charge in [-0.1, -0.05) is 125 Å². The van der Waals surface area contributed by atoms with E-state index in [1.165, 1.54) is 55.4 Å². The molecule has 0 radical (unpaired) electrons. The molecule has 1 saturated carbocycles. The average Bonchev–Trinajstić information content (AvgIpc) is 3.40. The maximum atomic E-state index is 10.0. The molecule has 2 heteroatoms. The normalized spacial score (nSPS) is 13.2. The third kappa shape index (κ3) is 40.4. The first-order valence-corrected chi connectivity index (χ1v) is 16.7. The Kier molecular flexibility index (Phi) is 36.8. The fourth-order valence-corrected chi connectivity index (χ4v) is 3.73. The lowest BCUT2D eigenvalue weighted by Crippen LogP contribution is -2.13. The van der Waals surface area contributed by atoms with Crippen LogP contribution in [0.5, 0.6) is 0 Å². The van der Waals surface area contributed by atoms with Gasteiger partial charge >= 0.3 is 0 Å². The fourth-order valence-electron chi connectivity index (χ4n) is 3.73. The summed E-state index contributed by atoms with van der Waals surface area (Å²) in [5, 5.41) is 0. The first kappa shape index (κ1) is 46.1. The van der Waals surface area contributed by atoms with Crippen molar-refractivity contribution in [3.63, 3.8) is 0 Å². The van der Waals surface area contributed by atoms with Crippen LogP contribution in [-0.4, -0.2) is 12.4 Å². The molecular weight excluding hydrogens is 500 g/mol. The molecule has 0 spiro atoms. The number of benzene rings is 1. The number of allylic oxidation sites excluding steroid dienone is 3. The number of carbonyl (C=O) groups is 1. The van der Waals surface area contributed by atoms with Gasteiger partial charge < -0.3 is 9.53 Å². The molecule has 41 heavy (non-hydrogen) atoms. The van der Waals surface area contributed by atoms with Crippen molar-refractivity contribution in [3.05, 3.63) is 59.9 Å². The van der Waals surface area contributed by atoms with Gasteiger partial charge in [-0.25, -0.2) is 0 Å². The monoisotopic (exact) mass is 575 g/mol. The Hall–Kier alpha value is -1.83. The van der Waals surface area contributed by atoms with Crippen LogP contribution in [0.3, 0.4) is 0 Å².